The summed E-state index contributed by atoms with van der Waals surface area (Å²) in [5.74, 6) is -1.24. The highest BCUT2D eigenvalue weighted by Gasteiger charge is 2.28. The van der Waals surface area contributed by atoms with E-state index in [1.165, 1.54) is 35.7 Å². The van der Waals surface area contributed by atoms with E-state index < -0.39 is 21.7 Å². The molecule has 144 valence electrons. The lowest BCUT2D eigenvalue weighted by atomic mass is 10.2. The molecule has 6 nitrogen and oxygen atoms in total. The van der Waals surface area contributed by atoms with E-state index in [0.29, 0.717) is 13.1 Å². The minimum atomic E-state index is -3.71. The zero-order valence-corrected chi connectivity index (χ0v) is 15.8. The van der Waals surface area contributed by atoms with E-state index in [2.05, 4.69) is 5.32 Å². The summed E-state index contributed by atoms with van der Waals surface area (Å²) in [5, 5.41) is 2.58. The van der Waals surface area contributed by atoms with Gasteiger partial charge in [0.2, 0.25) is 10.0 Å². The number of anilines is 1. The lowest BCUT2D eigenvalue weighted by Crippen LogP contribution is -2.36. The molecule has 0 radical (unpaired) electrons. The summed E-state index contributed by atoms with van der Waals surface area (Å²) >= 11 is 0. The van der Waals surface area contributed by atoms with Crippen LogP contribution in [-0.2, 0) is 10.0 Å². The monoisotopic (exact) mass is 392 g/mol. The number of ether oxygens (including phenoxy) is 1. The first-order valence-corrected chi connectivity index (χ1v) is 10.1. The Balaban J connectivity index is 1.88. The van der Waals surface area contributed by atoms with Crippen LogP contribution < -0.4 is 10.1 Å². The molecular formula is C19H21FN2O4S. The highest BCUT2D eigenvalue weighted by atomic mass is 32.2. The van der Waals surface area contributed by atoms with Gasteiger partial charge in [-0.15, -0.1) is 0 Å². The fraction of sp³-hybridized carbons (Fsp3) is 0.316. The molecule has 1 aliphatic rings. The second kappa shape index (κ2) is 8.06. The Kier molecular flexibility index (Phi) is 5.76. The molecule has 1 aliphatic heterocycles. The topological polar surface area (TPSA) is 75.7 Å². The number of carbonyl (C=O) groups is 1. The van der Waals surface area contributed by atoms with Crippen molar-refractivity contribution in [3.05, 3.63) is 53.8 Å². The van der Waals surface area contributed by atoms with Crippen molar-refractivity contribution in [1.29, 1.82) is 0 Å². The number of amides is 1. The van der Waals surface area contributed by atoms with E-state index >= 15 is 0 Å². The van der Waals surface area contributed by atoms with Crippen molar-refractivity contribution in [1.82, 2.24) is 4.31 Å². The minimum Gasteiger partial charge on any atom is -0.494 e. The van der Waals surface area contributed by atoms with Crippen LogP contribution in [0.4, 0.5) is 10.1 Å². The number of hydrogen-bond donors (Lipinski definition) is 1. The van der Waals surface area contributed by atoms with Crippen molar-refractivity contribution in [2.75, 3.05) is 25.5 Å². The van der Waals surface area contributed by atoms with E-state index in [1.54, 1.807) is 12.1 Å². The molecule has 27 heavy (non-hydrogen) atoms. The Morgan fingerprint density at radius 2 is 1.81 bits per heavy atom. The number of nitrogens with zero attached hydrogens (tertiary/aromatic N) is 1. The van der Waals surface area contributed by atoms with E-state index in [-0.39, 0.29) is 21.9 Å². The lowest BCUT2D eigenvalue weighted by molar-refractivity contribution is 0.102. The SMILES string of the molecule is COc1ccc(C(=O)Nc2ccccc2S(=O)(=O)N2CCCCC2)cc1F. The first-order chi connectivity index (χ1) is 12.9. The van der Waals surface area contributed by atoms with Crippen molar-refractivity contribution in [2.24, 2.45) is 0 Å². The van der Waals surface area contributed by atoms with Gasteiger partial charge in [0.1, 0.15) is 4.90 Å². The van der Waals surface area contributed by atoms with E-state index in [1.807, 2.05) is 0 Å². The van der Waals surface area contributed by atoms with Crippen LogP contribution in [0.1, 0.15) is 29.6 Å². The molecular weight excluding hydrogens is 371 g/mol. The van der Waals surface area contributed by atoms with Crippen molar-refractivity contribution in [3.63, 3.8) is 0 Å². The molecule has 1 saturated heterocycles. The maximum Gasteiger partial charge on any atom is 0.255 e. The van der Waals surface area contributed by atoms with Gasteiger partial charge in [0, 0.05) is 18.7 Å². The number of rotatable bonds is 5. The molecule has 3 rings (SSSR count). The second-order valence-corrected chi connectivity index (χ2v) is 8.17. The number of sulfonamides is 1. The predicted molar refractivity (Wildman–Crippen MR) is 100.0 cm³/mol. The quantitative estimate of drug-likeness (QED) is 0.847. The number of nitrogens with one attached hydrogen (secondary N) is 1. The molecule has 1 fully saturated rings. The van der Waals surface area contributed by atoms with Crippen molar-refractivity contribution >= 4 is 21.6 Å². The normalized spacial score (nSPS) is 15.3. The Morgan fingerprint density at radius 1 is 1.11 bits per heavy atom. The molecule has 0 aliphatic carbocycles. The zero-order chi connectivity index (χ0) is 19.4. The molecule has 0 bridgehead atoms. The molecule has 0 aromatic heterocycles. The Morgan fingerprint density at radius 3 is 2.48 bits per heavy atom. The van der Waals surface area contributed by atoms with Crippen molar-refractivity contribution in [2.45, 2.75) is 24.2 Å². The van der Waals surface area contributed by atoms with E-state index in [0.717, 1.165) is 25.3 Å². The number of benzene rings is 2. The average molecular weight is 392 g/mol. The van der Waals surface area contributed by atoms with Gasteiger partial charge in [0.15, 0.2) is 11.6 Å². The van der Waals surface area contributed by atoms with Gasteiger partial charge in [-0.3, -0.25) is 4.79 Å². The molecule has 0 unspecified atom stereocenters. The van der Waals surface area contributed by atoms with Crippen molar-refractivity contribution in [3.8, 4) is 5.75 Å². The number of carbonyl (C=O) groups excluding carboxylic acids is 1. The fourth-order valence-electron chi connectivity index (χ4n) is 3.04. The van der Waals surface area contributed by atoms with Crippen LogP contribution in [-0.4, -0.2) is 38.8 Å². The molecule has 0 spiro atoms. The third kappa shape index (κ3) is 4.12. The number of para-hydroxylation sites is 1. The molecule has 0 atom stereocenters. The summed E-state index contributed by atoms with van der Waals surface area (Å²) in [6, 6.07) is 10.1. The van der Waals surface area contributed by atoms with Gasteiger partial charge in [0.25, 0.3) is 5.91 Å². The molecule has 1 heterocycles. The van der Waals surface area contributed by atoms with Gasteiger partial charge in [-0.2, -0.15) is 4.31 Å². The third-order valence-electron chi connectivity index (χ3n) is 4.48. The van der Waals surface area contributed by atoms with Gasteiger partial charge in [-0.05, 0) is 43.2 Å². The standard InChI is InChI=1S/C19H21FN2O4S/c1-26-17-10-9-14(13-15(17)20)19(23)21-16-7-3-4-8-18(16)27(24,25)22-11-5-2-6-12-22/h3-4,7-10,13H,2,5-6,11-12H2,1H3,(H,21,23). The van der Waals surface area contributed by atoms with Crippen LogP contribution in [0.2, 0.25) is 0 Å². The molecule has 1 amide bonds. The third-order valence-corrected chi connectivity index (χ3v) is 6.44. The first-order valence-electron chi connectivity index (χ1n) is 8.67. The average Bonchev–Trinajstić information content (AvgIpc) is 2.69. The van der Waals surface area contributed by atoms with E-state index in [9.17, 15) is 17.6 Å². The van der Waals surface area contributed by atoms with Crippen LogP contribution in [0.25, 0.3) is 0 Å². The number of hydrogen-bond acceptors (Lipinski definition) is 4. The highest BCUT2D eigenvalue weighted by molar-refractivity contribution is 7.89. The summed E-state index contributed by atoms with van der Waals surface area (Å²) in [6.07, 6.45) is 2.64. The smallest absolute Gasteiger partial charge is 0.255 e. The second-order valence-electron chi connectivity index (χ2n) is 6.26. The molecule has 0 saturated carbocycles. The highest BCUT2D eigenvalue weighted by Crippen LogP contribution is 2.27. The van der Waals surface area contributed by atoms with Crippen LogP contribution >= 0.6 is 0 Å². The largest absolute Gasteiger partial charge is 0.494 e. The van der Waals surface area contributed by atoms with Gasteiger partial charge in [0.05, 0.1) is 12.8 Å². The maximum absolute atomic E-state index is 13.9. The summed E-state index contributed by atoms with van der Waals surface area (Å²) < 4.78 is 46.1. The van der Waals surface area contributed by atoms with Gasteiger partial charge >= 0.3 is 0 Å². The van der Waals surface area contributed by atoms with Gasteiger partial charge < -0.3 is 10.1 Å². The van der Waals surface area contributed by atoms with Crippen LogP contribution in [0.5, 0.6) is 5.75 Å². The van der Waals surface area contributed by atoms with Gasteiger partial charge in [-0.1, -0.05) is 18.6 Å². The Labute approximate surface area is 158 Å². The summed E-state index contributed by atoms with van der Waals surface area (Å²) in [7, 11) is -2.38. The molecule has 8 heteroatoms. The number of methoxy groups -OCH3 is 1. The summed E-state index contributed by atoms with van der Waals surface area (Å²) in [6.45, 7) is 0.933. The van der Waals surface area contributed by atoms with Crippen LogP contribution in [0.3, 0.4) is 0 Å². The Hall–Kier alpha value is -2.45. The zero-order valence-electron chi connectivity index (χ0n) is 14.9. The van der Waals surface area contributed by atoms with Crippen LogP contribution in [0.15, 0.2) is 47.4 Å². The molecule has 1 N–H and O–H groups in total. The van der Waals surface area contributed by atoms with Gasteiger partial charge in [-0.25, -0.2) is 12.8 Å². The number of piperidine rings is 1. The molecule has 2 aromatic carbocycles. The summed E-state index contributed by atoms with van der Waals surface area (Å²) in [4.78, 5) is 12.5. The number of halogens is 1. The van der Waals surface area contributed by atoms with Crippen molar-refractivity contribution < 1.29 is 22.3 Å². The first kappa shape index (κ1) is 19.3. The predicted octanol–water partition coefficient (Wildman–Crippen LogP) is 3.26. The maximum atomic E-state index is 13.9. The molecule has 2 aromatic rings. The Bertz CT molecular complexity index is 940. The lowest BCUT2D eigenvalue weighted by Gasteiger charge is -2.26. The van der Waals surface area contributed by atoms with E-state index in [4.69, 9.17) is 4.74 Å². The summed E-state index contributed by atoms with van der Waals surface area (Å²) in [5.41, 5.74) is 0.239. The van der Waals surface area contributed by atoms with Crippen LogP contribution in [0, 0.1) is 5.82 Å². The fourth-order valence-corrected chi connectivity index (χ4v) is 4.71. The minimum absolute atomic E-state index is 0.0274.